The van der Waals surface area contributed by atoms with Gasteiger partial charge in [0.25, 0.3) is 0 Å². The third-order valence-electron chi connectivity index (χ3n) is 11.2. The molecule has 6 heteroatoms. The maximum absolute atomic E-state index is 6.35. The number of rotatable bonds is 5. The van der Waals surface area contributed by atoms with E-state index in [0.717, 1.165) is 89.2 Å². The Bertz CT molecular complexity index is 3420. The highest BCUT2D eigenvalue weighted by atomic mass is 16.3. The van der Waals surface area contributed by atoms with E-state index in [9.17, 15) is 0 Å². The molecule has 4 heterocycles. The summed E-state index contributed by atoms with van der Waals surface area (Å²) in [6.45, 7) is 0. The van der Waals surface area contributed by atoms with Gasteiger partial charge in [-0.1, -0.05) is 127 Å². The van der Waals surface area contributed by atoms with Crippen molar-refractivity contribution in [1.29, 1.82) is 0 Å². The minimum absolute atomic E-state index is 0.791. The predicted molar refractivity (Wildman–Crippen MR) is 228 cm³/mol. The van der Waals surface area contributed by atoms with E-state index < -0.39 is 0 Å². The monoisotopic (exact) mass is 717 g/mol. The van der Waals surface area contributed by atoms with Crippen LogP contribution in [0.1, 0.15) is 0 Å². The van der Waals surface area contributed by atoms with Crippen LogP contribution in [0.3, 0.4) is 0 Å². The van der Waals surface area contributed by atoms with E-state index in [1.807, 2.05) is 48.5 Å². The largest absolute Gasteiger partial charge is 0.456 e. The Kier molecular flexibility index (Phi) is 6.53. The lowest BCUT2D eigenvalue weighted by Crippen LogP contribution is -2.02. The second kappa shape index (κ2) is 11.9. The van der Waals surface area contributed by atoms with Crippen molar-refractivity contribution in [1.82, 2.24) is 23.9 Å². The Morgan fingerprint density at radius 3 is 1.48 bits per heavy atom. The predicted octanol–water partition coefficient (Wildman–Crippen LogP) is 12.7. The lowest BCUT2D eigenvalue weighted by Gasteiger charge is -2.14. The van der Waals surface area contributed by atoms with Gasteiger partial charge in [0.1, 0.15) is 11.2 Å². The second-order valence-corrected chi connectivity index (χ2v) is 14.3. The van der Waals surface area contributed by atoms with Gasteiger partial charge in [-0.05, 0) is 60.7 Å². The fraction of sp³-hybridized carbons (Fsp3) is 0. The van der Waals surface area contributed by atoms with Crippen LogP contribution in [0.5, 0.6) is 0 Å². The highest BCUT2D eigenvalue weighted by molar-refractivity contribution is 6.17. The van der Waals surface area contributed by atoms with E-state index in [2.05, 4.69) is 153 Å². The normalized spacial score (nSPS) is 11.9. The van der Waals surface area contributed by atoms with Crippen molar-refractivity contribution >= 4 is 65.6 Å². The van der Waals surface area contributed by atoms with Crippen LogP contribution < -0.4 is 0 Å². The summed E-state index contributed by atoms with van der Waals surface area (Å²) < 4.78 is 13.3. The molecule has 0 N–H and O–H groups in total. The molecule has 262 valence electrons. The molecule has 0 saturated carbocycles. The van der Waals surface area contributed by atoms with E-state index >= 15 is 0 Å². The third-order valence-corrected chi connectivity index (χ3v) is 11.2. The lowest BCUT2D eigenvalue weighted by atomic mass is 10.1. The highest BCUT2D eigenvalue weighted by Crippen LogP contribution is 2.40. The van der Waals surface area contributed by atoms with Crippen molar-refractivity contribution in [3.05, 3.63) is 188 Å². The summed E-state index contributed by atoms with van der Waals surface area (Å²) in [5.74, 6) is 1.58. The smallest absolute Gasteiger partial charge is 0.168 e. The van der Waals surface area contributed by atoms with Crippen LogP contribution in [-0.2, 0) is 0 Å². The maximum atomic E-state index is 6.35. The quantitative estimate of drug-likeness (QED) is 0.178. The maximum Gasteiger partial charge on any atom is 0.168 e. The second-order valence-electron chi connectivity index (χ2n) is 14.3. The molecule has 0 spiro atoms. The number of furan rings is 1. The van der Waals surface area contributed by atoms with Crippen LogP contribution in [0.2, 0.25) is 0 Å². The minimum atomic E-state index is 0.791. The fourth-order valence-electron chi connectivity index (χ4n) is 8.69. The molecule has 0 aliphatic rings. The first kappa shape index (κ1) is 30.7. The molecule has 0 fully saturated rings. The Balaban J connectivity index is 1.10. The SMILES string of the molecule is c1ccc(-c2nnc(-c3ccccc3)n2-c2ccc3c4ccccc4n(-c4cccc(-n5c6ccccc6c6cc7oc8ccccc8c7cc65)c4)c3c2)cc1. The van der Waals surface area contributed by atoms with Crippen molar-refractivity contribution < 1.29 is 4.42 Å². The molecule has 0 unspecified atom stereocenters. The van der Waals surface area contributed by atoms with Crippen LogP contribution in [-0.4, -0.2) is 23.9 Å². The van der Waals surface area contributed by atoms with Gasteiger partial charge in [-0.2, -0.15) is 0 Å². The molecule has 0 radical (unpaired) electrons. The molecule has 0 aliphatic carbocycles. The number of aromatic nitrogens is 5. The zero-order chi connectivity index (χ0) is 36.7. The average Bonchev–Trinajstić information content (AvgIpc) is 4.03. The van der Waals surface area contributed by atoms with Crippen LogP contribution in [0.4, 0.5) is 0 Å². The number of hydrogen-bond donors (Lipinski definition) is 0. The molecule has 0 bridgehead atoms. The molecular formula is C50H31N5O. The molecule has 56 heavy (non-hydrogen) atoms. The van der Waals surface area contributed by atoms with Gasteiger partial charge in [0.2, 0.25) is 0 Å². The number of nitrogens with zero attached hydrogens (tertiary/aromatic N) is 5. The lowest BCUT2D eigenvalue weighted by molar-refractivity contribution is 0.669. The molecule has 4 aromatic heterocycles. The molecule has 12 rings (SSSR count). The summed E-state index contributed by atoms with van der Waals surface area (Å²) in [6, 6.07) is 66.3. The first-order valence-electron chi connectivity index (χ1n) is 18.8. The number of hydrogen-bond acceptors (Lipinski definition) is 3. The van der Waals surface area contributed by atoms with Gasteiger partial charge in [0.05, 0.1) is 27.8 Å². The van der Waals surface area contributed by atoms with Gasteiger partial charge in [0.15, 0.2) is 11.6 Å². The van der Waals surface area contributed by atoms with Crippen molar-refractivity contribution in [2.75, 3.05) is 0 Å². The Hall–Kier alpha value is -7.70. The summed E-state index contributed by atoms with van der Waals surface area (Å²) in [5.41, 5.74) is 11.5. The molecule has 8 aromatic carbocycles. The van der Waals surface area contributed by atoms with Gasteiger partial charge in [0, 0.05) is 54.8 Å². The molecule has 0 amide bonds. The fourth-order valence-corrected chi connectivity index (χ4v) is 8.69. The minimum Gasteiger partial charge on any atom is -0.456 e. The first-order valence-corrected chi connectivity index (χ1v) is 18.8. The van der Waals surface area contributed by atoms with E-state index in [1.54, 1.807) is 0 Å². The Morgan fingerprint density at radius 1 is 0.304 bits per heavy atom. The molecule has 0 saturated heterocycles. The van der Waals surface area contributed by atoms with Gasteiger partial charge in [-0.25, -0.2) is 0 Å². The van der Waals surface area contributed by atoms with E-state index in [4.69, 9.17) is 14.6 Å². The molecule has 12 aromatic rings. The van der Waals surface area contributed by atoms with E-state index in [-0.39, 0.29) is 0 Å². The van der Waals surface area contributed by atoms with Crippen molar-refractivity contribution in [3.8, 4) is 39.8 Å². The topological polar surface area (TPSA) is 53.7 Å². The Morgan fingerprint density at radius 2 is 0.821 bits per heavy atom. The summed E-state index contributed by atoms with van der Waals surface area (Å²) in [7, 11) is 0. The van der Waals surface area contributed by atoms with Crippen LogP contribution in [0, 0.1) is 0 Å². The third kappa shape index (κ3) is 4.50. The van der Waals surface area contributed by atoms with Crippen LogP contribution in [0.15, 0.2) is 192 Å². The first-order chi connectivity index (χ1) is 27.8. The van der Waals surface area contributed by atoms with Gasteiger partial charge in [-0.15, -0.1) is 10.2 Å². The van der Waals surface area contributed by atoms with Gasteiger partial charge < -0.3 is 13.6 Å². The summed E-state index contributed by atoms with van der Waals surface area (Å²) in [6.07, 6.45) is 0. The van der Waals surface area contributed by atoms with Crippen LogP contribution in [0.25, 0.3) is 105 Å². The summed E-state index contributed by atoms with van der Waals surface area (Å²) >= 11 is 0. The Labute approximate surface area is 320 Å². The van der Waals surface area contributed by atoms with Crippen LogP contribution >= 0.6 is 0 Å². The number of para-hydroxylation sites is 3. The molecule has 0 aliphatic heterocycles. The average molecular weight is 718 g/mol. The van der Waals surface area contributed by atoms with Crippen molar-refractivity contribution in [3.63, 3.8) is 0 Å². The molecule has 6 nitrogen and oxygen atoms in total. The zero-order valence-corrected chi connectivity index (χ0v) is 30.0. The van der Waals surface area contributed by atoms with Gasteiger partial charge in [-0.3, -0.25) is 4.57 Å². The standard InChI is InChI=1S/C50H31N5O/c1-3-14-32(15-4-1)49-51-52-50(33-16-5-2-6-17-33)55(49)36-26-27-39-37-20-7-10-23-43(37)53(45(39)29-36)34-18-13-19-35(28-34)54-44-24-11-8-21-38(44)41-31-48-42(30-46(41)54)40-22-9-12-25-47(40)56-48/h1-31H. The van der Waals surface area contributed by atoms with Gasteiger partial charge >= 0.3 is 0 Å². The van der Waals surface area contributed by atoms with Crippen molar-refractivity contribution in [2.24, 2.45) is 0 Å². The molecule has 0 atom stereocenters. The summed E-state index contributed by atoms with van der Waals surface area (Å²) in [4.78, 5) is 0. The zero-order valence-electron chi connectivity index (χ0n) is 30.0. The van der Waals surface area contributed by atoms with Crippen molar-refractivity contribution in [2.45, 2.75) is 0 Å². The number of fused-ring (bicyclic) bond motifs is 9. The van der Waals surface area contributed by atoms with E-state index in [0.29, 0.717) is 0 Å². The molecular weight excluding hydrogens is 687 g/mol. The van der Waals surface area contributed by atoms with E-state index in [1.165, 1.54) is 16.2 Å². The number of benzene rings is 8. The highest BCUT2D eigenvalue weighted by Gasteiger charge is 2.21. The summed E-state index contributed by atoms with van der Waals surface area (Å²) in [5, 5.41) is 16.5.